The molecule has 9 aromatic carbocycles. The predicted molar refractivity (Wildman–Crippen MR) is 361 cm³/mol. The number of benzene rings is 9. The molecule has 9 aromatic rings. The largest absolute Gasteiger partial charge is 0.305 e. The number of hydrogen-bond acceptors (Lipinski definition) is 0. The Bertz CT molecular complexity index is 4320. The van der Waals surface area contributed by atoms with Crippen LogP contribution in [0.4, 0.5) is 129 Å². The molecule has 1 unspecified atom stereocenters. The summed E-state index contributed by atoms with van der Waals surface area (Å²) < 4.78 is 442. The van der Waals surface area contributed by atoms with Gasteiger partial charge >= 0.3 is 0 Å². The number of quaternary nitrogens is 1. The van der Waals surface area contributed by atoms with Crippen molar-refractivity contribution in [3.05, 3.63) is 193 Å². The third-order valence-corrected chi connectivity index (χ3v) is 20.4. The highest BCUT2D eigenvalue weighted by Crippen LogP contribution is 2.41. The van der Waals surface area contributed by atoms with Gasteiger partial charge in [-0.1, -0.05) is 187 Å². The van der Waals surface area contributed by atoms with E-state index >= 15 is 87.8 Å². The van der Waals surface area contributed by atoms with Gasteiger partial charge in [-0.2, -0.15) is 0 Å². The van der Waals surface area contributed by atoms with Gasteiger partial charge in [0, 0.05) is 0 Å². The van der Waals surface area contributed by atoms with Gasteiger partial charge in [0.2, 0.25) is 0 Å². The van der Waals surface area contributed by atoms with Gasteiger partial charge in [-0.3, -0.25) is 0 Å². The fourth-order valence-corrected chi connectivity index (χ4v) is 14.6. The summed E-state index contributed by atoms with van der Waals surface area (Å²) in [4.78, 5) is 1.59. The zero-order chi connectivity index (χ0) is 80.4. The van der Waals surface area contributed by atoms with Crippen molar-refractivity contribution >= 4 is 76.8 Å². The third-order valence-electron chi connectivity index (χ3n) is 20.4. The normalized spacial score (nSPS) is 12.3. The molecule has 0 spiro atoms. The van der Waals surface area contributed by atoms with E-state index in [4.69, 9.17) is 0 Å². The zero-order valence-electron chi connectivity index (χ0n) is 59.2. The van der Waals surface area contributed by atoms with Crippen molar-refractivity contribution in [1.29, 1.82) is 0 Å². The van der Waals surface area contributed by atoms with Crippen LogP contribution in [-0.2, 0) is 6.42 Å². The molecule has 0 radical (unpaired) electrons. The first kappa shape index (κ1) is 86.7. The molecule has 0 aliphatic carbocycles. The lowest BCUT2D eigenvalue weighted by Crippen LogP contribution is -3.03. The Morgan fingerprint density at radius 1 is 0.202 bits per heavy atom. The Morgan fingerprint density at radius 2 is 0.376 bits per heavy atom. The molecule has 1 N–H and O–H groups in total. The fourth-order valence-electron chi connectivity index (χ4n) is 14.6. The summed E-state index contributed by atoms with van der Waals surface area (Å²) in [6.45, 7) is 5.88. The molecule has 1 nitrogen and oxygen atoms in total. The van der Waals surface area contributed by atoms with Crippen LogP contribution in [0.2, 0.25) is 0 Å². The van der Waals surface area contributed by atoms with Crippen molar-refractivity contribution < 1.29 is 128 Å². The summed E-state index contributed by atoms with van der Waals surface area (Å²) >= 11 is 0. The van der Waals surface area contributed by atoms with Gasteiger partial charge < -0.3 is 4.90 Å². The predicted octanol–water partition coefficient (Wildman–Crippen LogP) is 23.9. The average Bonchev–Trinajstić information content (AvgIpc) is 0.668. The van der Waals surface area contributed by atoms with Crippen LogP contribution in [0.5, 0.6) is 0 Å². The van der Waals surface area contributed by atoms with Crippen molar-refractivity contribution in [3.8, 4) is 0 Å². The molecule has 0 amide bonds. The number of nitrogens with one attached hydrogen (secondary N) is 1. The van der Waals surface area contributed by atoms with E-state index in [2.05, 4.69) is 45.2 Å². The van der Waals surface area contributed by atoms with Crippen LogP contribution in [0.1, 0.15) is 199 Å². The van der Waals surface area contributed by atoms with Crippen LogP contribution in [0.15, 0.2) is 24.3 Å². The van der Waals surface area contributed by atoms with Gasteiger partial charge in [-0.05, 0) is 43.4 Å². The second-order valence-electron chi connectivity index (χ2n) is 27.5. The summed E-state index contributed by atoms with van der Waals surface area (Å²) in [6.07, 6.45) is 33.6. The van der Waals surface area contributed by atoms with E-state index in [0.29, 0.717) is 0 Å². The van der Waals surface area contributed by atoms with E-state index in [-0.39, 0.29) is 0 Å². The van der Waals surface area contributed by atoms with Gasteiger partial charge in [-0.15, -0.1) is 21.9 Å². The van der Waals surface area contributed by atoms with E-state index in [1.54, 1.807) is 4.90 Å². The third kappa shape index (κ3) is 17.0. The lowest BCUT2D eigenvalue weighted by Gasteiger charge is -2.45. The molecule has 0 saturated heterocycles. The first-order chi connectivity index (χ1) is 51.8. The Kier molecular flexibility index (Phi) is 30.1. The van der Waals surface area contributed by atoms with Crippen molar-refractivity contribution in [2.24, 2.45) is 0 Å². The lowest BCUT2D eigenvalue weighted by atomic mass is 9.12. The van der Waals surface area contributed by atoms with E-state index < -0.39 is 234 Å². The summed E-state index contributed by atoms with van der Waals surface area (Å²) in [6, 6.07) is 9.56. The molecule has 0 bridgehead atoms. The van der Waals surface area contributed by atoms with Crippen LogP contribution in [0, 0.1) is 163 Å². The quantitative estimate of drug-likeness (QED) is 0.0133. The van der Waals surface area contributed by atoms with Gasteiger partial charge in [-0.25, -0.2) is 123 Å². The molecule has 9 rings (SSSR count). The summed E-state index contributed by atoms with van der Waals surface area (Å²) in [5.74, 6) is -102. The maximum absolute atomic E-state index is 17.4. The molecule has 0 aromatic heterocycles. The highest BCUT2D eigenvalue weighted by Gasteiger charge is 2.53. The summed E-state index contributed by atoms with van der Waals surface area (Å²) in [7, 11) is 2.35. The molecule has 30 heteroatoms. The van der Waals surface area contributed by atoms with E-state index in [0.717, 1.165) is 0 Å². The number of halogens is 28. The number of hydrogen-bond donors (Lipinski definition) is 1. The lowest BCUT2D eigenvalue weighted by molar-refractivity contribution is -0.810. The van der Waals surface area contributed by atoms with Crippen LogP contribution in [-0.4, -0.2) is 19.7 Å². The van der Waals surface area contributed by atoms with Crippen molar-refractivity contribution in [2.45, 2.75) is 200 Å². The number of fused-ring (bicyclic) bond motifs is 4. The highest BCUT2D eigenvalue weighted by atomic mass is 19.2. The Morgan fingerprint density at radius 3 is 0.587 bits per heavy atom. The zero-order valence-corrected chi connectivity index (χ0v) is 59.2. The second-order valence-corrected chi connectivity index (χ2v) is 27.5. The number of unbranched alkanes of at least 4 members (excludes halogenated alkanes) is 26. The molecule has 109 heavy (non-hydrogen) atoms. The SMILES string of the molecule is CCCCCCCCCCCCCCCCCC[NH+](C)c1ccc(CCCCCCCCCCCCCC)cc1.Fc1c(F)c(F)c2c(F)c([B-](c3c(F)c(F)c4c(F)c(F)c(F)c(F)c4c3F)(c3c(F)c(F)c4c(F)c(F)c(F)c(F)c4c3F)c3c(F)c(F)c4c(F)c(F)c(F)c(F)c4c3F)c(F)c(F)c2c1F. The first-order valence-electron chi connectivity index (χ1n) is 36.1. The van der Waals surface area contributed by atoms with Gasteiger partial charge in [0.05, 0.1) is 56.7 Å². The van der Waals surface area contributed by atoms with Gasteiger partial charge in [0.1, 0.15) is 58.4 Å². The Labute approximate surface area is 608 Å². The maximum Gasteiger partial charge on any atom is 0.198 e. The van der Waals surface area contributed by atoms with Crippen molar-refractivity contribution in [2.75, 3.05) is 13.6 Å². The molecule has 1 atom stereocenters. The second kappa shape index (κ2) is 37.9. The summed E-state index contributed by atoms with van der Waals surface area (Å²) in [5.41, 5.74) is -12.9. The molecule has 0 saturated carbocycles. The van der Waals surface area contributed by atoms with Gasteiger partial charge in [0.25, 0.3) is 0 Å². The minimum absolute atomic E-state index is 1.26. The molecule has 0 aliphatic heterocycles. The molecule has 594 valence electrons. The van der Waals surface area contributed by atoms with E-state index in [9.17, 15) is 35.1 Å². The fraction of sp³-hybridized carbons (Fsp3) is 0.418. The van der Waals surface area contributed by atoms with Crippen molar-refractivity contribution in [1.82, 2.24) is 0 Å². The standard InChI is InChI=1S/C40BF28.C39H73N/c42-13-1-5(25(54)37(66)33(62)21(1)50)17(46)29(58)9(13)41(10-14(43)2-6(18(47)30(10)59)26(55)38(67)34(63)22(2)51,11-15(44)3-7(19(48)31(11)60)27(56)39(68)35(64)23(3)52)12-16(45)4-8(20(49)32(12)61)28(57)40(69)36(65)24(4)53;1-4-6-8-10-12-14-16-18-19-20-21-23-25-27-29-31-37-40(3)39-35-33-38(34-36-39)32-30-28-26-24-22-17-15-13-11-9-7-5-2/h;33-36H,4-32,37H2,1-3H3/q-1;/p+1. The van der Waals surface area contributed by atoms with Crippen molar-refractivity contribution in [3.63, 3.8) is 0 Å². The minimum Gasteiger partial charge on any atom is -0.305 e. The van der Waals surface area contributed by atoms with Crippen LogP contribution >= 0.6 is 0 Å². The topological polar surface area (TPSA) is 4.44 Å². The van der Waals surface area contributed by atoms with E-state index in [1.807, 2.05) is 0 Å². The number of rotatable bonds is 35. The Balaban J connectivity index is 0.000000320. The first-order valence-corrected chi connectivity index (χ1v) is 36.1. The van der Waals surface area contributed by atoms with Crippen LogP contribution in [0.25, 0.3) is 43.1 Å². The minimum atomic E-state index is -7.99. The van der Waals surface area contributed by atoms with Gasteiger partial charge in [0.15, 0.2) is 116 Å². The maximum atomic E-state index is 17.4. The molecule has 0 aliphatic rings. The van der Waals surface area contributed by atoms with E-state index in [1.165, 1.54) is 204 Å². The smallest absolute Gasteiger partial charge is 0.198 e. The molecule has 0 heterocycles. The molecule has 0 fully saturated rings. The molecular weight excluding hydrogens is 1510 g/mol. The summed E-state index contributed by atoms with van der Waals surface area (Å²) in [5, 5.41) is -25.0. The monoisotopic (exact) mass is 1580 g/mol. The average molecular weight is 1580 g/mol. The molecular formula is C79H74BF28N. The van der Waals surface area contributed by atoms with Crippen LogP contribution < -0.4 is 26.8 Å². The number of aryl methyl sites for hydroxylation is 1. The van der Waals surface area contributed by atoms with Crippen LogP contribution in [0.3, 0.4) is 0 Å². The Hall–Kier alpha value is -7.92. The highest BCUT2D eigenvalue weighted by molar-refractivity contribution is 7.20.